The van der Waals surface area contributed by atoms with Gasteiger partial charge in [0.1, 0.15) is 18.1 Å². The molecule has 35 heavy (non-hydrogen) atoms. The number of nitrogens with one attached hydrogen (secondary N) is 3. The van der Waals surface area contributed by atoms with Crippen LogP contribution < -0.4 is 33.2 Å². The molecule has 3 amide bonds. The van der Waals surface area contributed by atoms with E-state index in [9.17, 15) is 33.9 Å². The fourth-order valence-corrected chi connectivity index (χ4v) is 2.85. The van der Waals surface area contributed by atoms with E-state index >= 15 is 0 Å². The molecule has 17 heteroatoms. The van der Waals surface area contributed by atoms with Crippen LogP contribution in [0, 0.1) is 0 Å². The number of carboxylic acids is 3. The highest BCUT2D eigenvalue weighted by Gasteiger charge is 2.30. The molecule has 0 radical (unpaired) electrons. The molecule has 12 N–H and O–H groups in total. The molecule has 0 aliphatic carbocycles. The lowest BCUT2D eigenvalue weighted by Crippen LogP contribution is -2.57. The van der Waals surface area contributed by atoms with Gasteiger partial charge in [-0.1, -0.05) is 0 Å². The molecule has 198 valence electrons. The number of carboxylic acid groups (broad SMARTS) is 3. The Hall–Kier alpha value is -3.60. The minimum Gasteiger partial charge on any atom is -0.481 e. The van der Waals surface area contributed by atoms with Crippen LogP contribution in [0.2, 0.25) is 0 Å². The molecule has 4 atom stereocenters. The molecule has 4 unspecified atom stereocenters. The molecule has 0 aliphatic rings. The number of rotatable bonds is 17. The zero-order chi connectivity index (χ0) is 27.1. The van der Waals surface area contributed by atoms with Crippen LogP contribution in [0.1, 0.15) is 32.1 Å². The van der Waals surface area contributed by atoms with Gasteiger partial charge in [0.25, 0.3) is 0 Å². The second kappa shape index (κ2) is 16.1. The quantitative estimate of drug-likeness (QED) is 0.0381. The Labute approximate surface area is 205 Å². The van der Waals surface area contributed by atoms with Gasteiger partial charge in [-0.2, -0.15) is 12.6 Å². The van der Waals surface area contributed by atoms with Crippen molar-refractivity contribution in [3.8, 4) is 0 Å². The molecule has 0 heterocycles. The Morgan fingerprint density at radius 2 is 1.34 bits per heavy atom. The van der Waals surface area contributed by atoms with E-state index < -0.39 is 79.1 Å². The molecule has 0 aromatic rings. The largest absolute Gasteiger partial charge is 0.481 e. The number of aliphatic imine (C=N–C) groups is 1. The molecule has 0 aromatic carbocycles. The highest BCUT2D eigenvalue weighted by Crippen LogP contribution is 2.04. The van der Waals surface area contributed by atoms with Gasteiger partial charge >= 0.3 is 17.9 Å². The molecule has 0 fully saturated rings. The van der Waals surface area contributed by atoms with Crippen molar-refractivity contribution in [1.29, 1.82) is 0 Å². The summed E-state index contributed by atoms with van der Waals surface area (Å²) in [4.78, 5) is 74.0. The van der Waals surface area contributed by atoms with E-state index in [4.69, 9.17) is 27.4 Å². The first-order chi connectivity index (χ1) is 16.3. The molecule has 16 nitrogen and oxygen atoms in total. The van der Waals surface area contributed by atoms with Crippen LogP contribution in [0.3, 0.4) is 0 Å². The van der Waals surface area contributed by atoms with E-state index in [1.165, 1.54) is 0 Å². The molecule has 0 aromatic heterocycles. The van der Waals surface area contributed by atoms with Crippen molar-refractivity contribution in [2.24, 2.45) is 22.2 Å². The fraction of sp³-hybridized carbons (Fsp3) is 0.611. The van der Waals surface area contributed by atoms with E-state index in [0.29, 0.717) is 0 Å². The summed E-state index contributed by atoms with van der Waals surface area (Å²) in [5.74, 6) is -7.24. The lowest BCUT2D eigenvalue weighted by atomic mass is 10.1. The summed E-state index contributed by atoms with van der Waals surface area (Å²) in [6.07, 6.45) is -1.48. The number of thiol groups is 1. The standard InChI is InChI=1S/C18H31N7O9S/c19-8(6-13(28)29)14(30)25-11(7-35)16(32)23-9(2-1-5-22-18(20)21)15(31)24-10(17(33)34)3-4-12(26)27/h8-11,35H,1-7,19H2,(H,23,32)(H,24,31)(H,25,30)(H,26,27)(H,28,29)(H,33,34)(H4,20,21,22). The van der Waals surface area contributed by atoms with E-state index in [-0.39, 0.29) is 31.1 Å². The van der Waals surface area contributed by atoms with Crippen molar-refractivity contribution in [2.75, 3.05) is 12.3 Å². The van der Waals surface area contributed by atoms with E-state index in [2.05, 4.69) is 33.6 Å². The van der Waals surface area contributed by atoms with E-state index in [1.807, 2.05) is 0 Å². The summed E-state index contributed by atoms with van der Waals surface area (Å²) >= 11 is 3.97. The van der Waals surface area contributed by atoms with Gasteiger partial charge in [0.15, 0.2) is 5.96 Å². The van der Waals surface area contributed by atoms with Crippen LogP contribution in [0.5, 0.6) is 0 Å². The number of nitrogens with two attached hydrogens (primary N) is 3. The topological polar surface area (TPSA) is 290 Å². The van der Waals surface area contributed by atoms with Crippen LogP contribution in [0.4, 0.5) is 0 Å². The van der Waals surface area contributed by atoms with Crippen molar-refractivity contribution >= 4 is 54.2 Å². The van der Waals surface area contributed by atoms with Gasteiger partial charge in [-0.15, -0.1) is 0 Å². The van der Waals surface area contributed by atoms with E-state index in [1.54, 1.807) is 0 Å². The Bertz CT molecular complexity index is 820. The van der Waals surface area contributed by atoms with Crippen molar-refractivity contribution in [1.82, 2.24) is 16.0 Å². The van der Waals surface area contributed by atoms with Crippen molar-refractivity contribution < 1.29 is 44.1 Å². The summed E-state index contributed by atoms with van der Waals surface area (Å²) in [6.45, 7) is 0.0835. The summed E-state index contributed by atoms with van der Waals surface area (Å²) in [7, 11) is 0. The number of nitrogens with zero attached hydrogens (tertiary/aromatic N) is 1. The summed E-state index contributed by atoms with van der Waals surface area (Å²) < 4.78 is 0. The van der Waals surface area contributed by atoms with Crippen molar-refractivity contribution in [3.05, 3.63) is 0 Å². The van der Waals surface area contributed by atoms with Gasteiger partial charge in [-0.05, 0) is 19.3 Å². The first kappa shape index (κ1) is 31.4. The van der Waals surface area contributed by atoms with Crippen LogP contribution in [-0.2, 0) is 28.8 Å². The number of carbonyl (C=O) groups is 6. The van der Waals surface area contributed by atoms with Gasteiger partial charge in [-0.3, -0.25) is 29.0 Å². The predicted molar refractivity (Wildman–Crippen MR) is 124 cm³/mol. The third kappa shape index (κ3) is 13.6. The number of guanidine groups is 1. The van der Waals surface area contributed by atoms with Crippen LogP contribution in [0.25, 0.3) is 0 Å². The molecular formula is C18H31N7O9S. The maximum Gasteiger partial charge on any atom is 0.326 e. The average molecular weight is 522 g/mol. The summed E-state index contributed by atoms with van der Waals surface area (Å²) in [6, 6.07) is -5.59. The Morgan fingerprint density at radius 1 is 0.800 bits per heavy atom. The number of carbonyl (C=O) groups excluding carboxylic acids is 3. The van der Waals surface area contributed by atoms with Crippen LogP contribution >= 0.6 is 12.6 Å². The minimum absolute atomic E-state index is 0.0502. The van der Waals surface area contributed by atoms with Gasteiger partial charge in [0.2, 0.25) is 17.7 Å². The highest BCUT2D eigenvalue weighted by molar-refractivity contribution is 7.80. The summed E-state index contributed by atoms with van der Waals surface area (Å²) in [5.41, 5.74) is 15.9. The third-order valence-corrected chi connectivity index (χ3v) is 4.75. The Morgan fingerprint density at radius 3 is 1.83 bits per heavy atom. The number of hydrogen-bond acceptors (Lipinski definition) is 9. The molecule has 0 saturated heterocycles. The van der Waals surface area contributed by atoms with Gasteiger partial charge in [0, 0.05) is 18.7 Å². The van der Waals surface area contributed by atoms with Crippen LogP contribution in [0.15, 0.2) is 4.99 Å². The monoisotopic (exact) mass is 521 g/mol. The summed E-state index contributed by atoms with van der Waals surface area (Å²) in [5, 5.41) is 33.5. The maximum absolute atomic E-state index is 12.7. The minimum atomic E-state index is -1.54. The molecule has 0 saturated carbocycles. The Kier molecular flexibility index (Phi) is 14.4. The normalized spacial score (nSPS) is 13.9. The lowest BCUT2D eigenvalue weighted by molar-refractivity contribution is -0.143. The number of aliphatic carboxylic acids is 3. The first-order valence-electron chi connectivity index (χ1n) is 10.3. The van der Waals surface area contributed by atoms with Gasteiger partial charge in [0.05, 0.1) is 12.5 Å². The van der Waals surface area contributed by atoms with E-state index in [0.717, 1.165) is 0 Å². The number of amides is 3. The molecule has 0 spiro atoms. The zero-order valence-corrected chi connectivity index (χ0v) is 19.6. The molecule has 0 aliphatic heterocycles. The fourth-order valence-electron chi connectivity index (χ4n) is 2.60. The maximum atomic E-state index is 12.7. The second-order valence-electron chi connectivity index (χ2n) is 7.29. The highest BCUT2D eigenvalue weighted by atomic mass is 32.1. The van der Waals surface area contributed by atoms with Gasteiger partial charge in [-0.25, -0.2) is 4.79 Å². The zero-order valence-electron chi connectivity index (χ0n) is 18.7. The Balaban J connectivity index is 5.44. The predicted octanol–water partition coefficient (Wildman–Crippen LogP) is -3.82. The molecule has 0 bridgehead atoms. The lowest BCUT2D eigenvalue weighted by Gasteiger charge is -2.24. The average Bonchev–Trinajstić information content (AvgIpc) is 2.75. The van der Waals surface area contributed by atoms with Gasteiger partial charge < -0.3 is 48.5 Å². The third-order valence-electron chi connectivity index (χ3n) is 4.39. The smallest absolute Gasteiger partial charge is 0.326 e. The van der Waals surface area contributed by atoms with Crippen molar-refractivity contribution in [3.63, 3.8) is 0 Å². The first-order valence-corrected chi connectivity index (χ1v) is 10.9. The van der Waals surface area contributed by atoms with Crippen LogP contribution in [-0.4, -0.2) is 93.4 Å². The molecule has 0 rings (SSSR count). The number of hydrogen-bond donors (Lipinski definition) is 10. The molecular weight excluding hydrogens is 490 g/mol. The second-order valence-corrected chi connectivity index (χ2v) is 7.66. The SMILES string of the molecule is NC(N)=NCCCC(NC(=O)C(CS)NC(=O)C(N)CC(=O)O)C(=O)NC(CCC(=O)O)C(=O)O. The van der Waals surface area contributed by atoms with Crippen molar-refractivity contribution in [2.45, 2.75) is 56.3 Å².